The molecule has 36 heavy (non-hydrogen) atoms. The number of likely N-dealkylation sites (N-methyl/N-ethyl adjacent to an activating group) is 1. The van der Waals surface area contributed by atoms with Gasteiger partial charge in [0.05, 0.1) is 12.1 Å². The molecule has 3 aromatic rings. The lowest BCUT2D eigenvalue weighted by Crippen LogP contribution is -2.44. The maximum Gasteiger partial charge on any atom is 0.338 e. The van der Waals surface area contributed by atoms with Crippen molar-refractivity contribution >= 4 is 28.8 Å². The molecule has 0 aliphatic rings. The molecule has 0 saturated heterocycles. The molecule has 1 aromatic heterocycles. The van der Waals surface area contributed by atoms with E-state index in [9.17, 15) is 19.2 Å². The van der Waals surface area contributed by atoms with Crippen molar-refractivity contribution in [3.63, 3.8) is 0 Å². The summed E-state index contributed by atoms with van der Waals surface area (Å²) in [6.07, 6.45) is 0. The fraction of sp³-hybridized carbons (Fsp3) is 0.333. The third kappa shape index (κ3) is 7.18. The molecule has 0 bridgehead atoms. The van der Waals surface area contributed by atoms with Crippen LogP contribution in [0.3, 0.4) is 0 Å². The van der Waals surface area contributed by atoms with Gasteiger partial charge in [0.1, 0.15) is 17.9 Å². The van der Waals surface area contributed by atoms with Crippen molar-refractivity contribution in [1.82, 2.24) is 10.2 Å². The minimum Gasteiger partial charge on any atom is -0.489 e. The molecule has 0 aliphatic heterocycles. The fourth-order valence-electron chi connectivity index (χ4n) is 3.52. The Bertz CT molecular complexity index is 1300. The van der Waals surface area contributed by atoms with E-state index >= 15 is 0 Å². The molecule has 0 atom stereocenters. The lowest BCUT2D eigenvalue weighted by molar-refractivity contribution is -0.138. The normalized spacial score (nSPS) is 10.8. The van der Waals surface area contributed by atoms with Gasteiger partial charge >= 0.3 is 11.6 Å². The number of fused-ring (bicyclic) bond motifs is 1. The summed E-state index contributed by atoms with van der Waals surface area (Å²) in [5.41, 5.74) is 1.96. The molecule has 9 heteroatoms. The first-order chi connectivity index (χ1) is 17.2. The number of amides is 2. The topological polar surface area (TPSA) is 115 Å². The summed E-state index contributed by atoms with van der Waals surface area (Å²) in [5, 5.41) is 3.56. The van der Waals surface area contributed by atoms with Crippen molar-refractivity contribution in [1.29, 1.82) is 0 Å². The summed E-state index contributed by atoms with van der Waals surface area (Å²) < 4.78 is 16.2. The van der Waals surface area contributed by atoms with E-state index in [0.29, 0.717) is 17.9 Å². The number of benzene rings is 2. The summed E-state index contributed by atoms with van der Waals surface area (Å²) in [6.45, 7) is 7.26. The first kappa shape index (κ1) is 26.5. The highest BCUT2D eigenvalue weighted by atomic mass is 16.5. The average Bonchev–Trinajstić information content (AvgIpc) is 2.83. The molecule has 2 aromatic carbocycles. The van der Waals surface area contributed by atoms with Crippen LogP contribution in [0.2, 0.25) is 0 Å². The summed E-state index contributed by atoms with van der Waals surface area (Å²) in [4.78, 5) is 49.6. The second kappa shape index (κ2) is 12.0. The Morgan fingerprint density at radius 2 is 1.78 bits per heavy atom. The lowest BCUT2D eigenvalue weighted by Gasteiger charge is -2.21. The number of hydrogen-bond donors (Lipinski definition) is 1. The summed E-state index contributed by atoms with van der Waals surface area (Å²) >= 11 is 0. The van der Waals surface area contributed by atoms with E-state index in [-0.39, 0.29) is 30.7 Å². The van der Waals surface area contributed by atoms with E-state index in [2.05, 4.69) is 5.32 Å². The number of nitrogens with one attached hydrogen (secondary N) is 1. The Hall–Kier alpha value is -4.14. The van der Waals surface area contributed by atoms with Gasteiger partial charge in [-0.05, 0) is 63.1 Å². The van der Waals surface area contributed by atoms with Gasteiger partial charge in [-0.25, -0.2) is 9.59 Å². The molecular formula is C27H30N2O7. The molecule has 0 fully saturated rings. The second-order valence-corrected chi connectivity index (χ2v) is 8.60. The molecule has 0 saturated carbocycles. The Morgan fingerprint density at radius 3 is 2.44 bits per heavy atom. The van der Waals surface area contributed by atoms with Gasteiger partial charge in [-0.15, -0.1) is 0 Å². The van der Waals surface area contributed by atoms with Crippen LogP contribution in [0.5, 0.6) is 5.75 Å². The van der Waals surface area contributed by atoms with Gasteiger partial charge < -0.3 is 24.1 Å². The van der Waals surface area contributed by atoms with E-state index < -0.39 is 24.1 Å². The van der Waals surface area contributed by atoms with Gasteiger partial charge in [-0.2, -0.15) is 0 Å². The molecule has 1 heterocycles. The highest BCUT2D eigenvalue weighted by molar-refractivity contribution is 5.92. The predicted molar refractivity (Wildman–Crippen MR) is 134 cm³/mol. The van der Waals surface area contributed by atoms with Crippen LogP contribution < -0.4 is 15.7 Å². The highest BCUT2D eigenvalue weighted by Gasteiger charge is 2.18. The first-order valence-corrected chi connectivity index (χ1v) is 11.7. The van der Waals surface area contributed by atoms with Crippen molar-refractivity contribution in [2.75, 3.05) is 19.7 Å². The molecule has 190 valence electrons. The zero-order chi connectivity index (χ0) is 26.2. The minimum atomic E-state index is -0.640. The van der Waals surface area contributed by atoms with Crippen molar-refractivity contribution in [3.05, 3.63) is 75.6 Å². The number of hydrogen-bond acceptors (Lipinski definition) is 7. The van der Waals surface area contributed by atoms with Crippen LogP contribution in [0.4, 0.5) is 0 Å². The SMILES string of the molecule is CCN(CC(=O)NC(C)C)C(=O)COC(=O)c1ccc(COc2ccc3c(C)cc(=O)oc3c2)cc1. The van der Waals surface area contributed by atoms with Crippen LogP contribution in [-0.4, -0.2) is 48.4 Å². The van der Waals surface area contributed by atoms with Gasteiger partial charge in [-0.3, -0.25) is 9.59 Å². The van der Waals surface area contributed by atoms with E-state index in [1.54, 1.807) is 43.3 Å². The summed E-state index contributed by atoms with van der Waals surface area (Å²) in [7, 11) is 0. The number of carbonyl (C=O) groups is 3. The van der Waals surface area contributed by atoms with Crippen molar-refractivity contribution in [3.8, 4) is 5.75 Å². The number of esters is 1. The van der Waals surface area contributed by atoms with Gasteiger partial charge in [0, 0.05) is 30.1 Å². The molecule has 0 radical (unpaired) electrons. The zero-order valence-corrected chi connectivity index (χ0v) is 20.8. The van der Waals surface area contributed by atoms with Crippen LogP contribution in [0.15, 0.2) is 57.7 Å². The molecule has 0 spiro atoms. The molecule has 0 unspecified atom stereocenters. The third-order valence-corrected chi connectivity index (χ3v) is 5.36. The molecule has 2 amide bonds. The Morgan fingerprint density at radius 1 is 1.06 bits per heavy atom. The monoisotopic (exact) mass is 494 g/mol. The van der Waals surface area contributed by atoms with Gasteiger partial charge in [0.15, 0.2) is 6.61 Å². The van der Waals surface area contributed by atoms with Crippen LogP contribution in [0.25, 0.3) is 11.0 Å². The van der Waals surface area contributed by atoms with E-state index in [4.69, 9.17) is 13.9 Å². The number of carbonyl (C=O) groups excluding carboxylic acids is 3. The van der Waals surface area contributed by atoms with Gasteiger partial charge in [0.2, 0.25) is 5.91 Å². The van der Waals surface area contributed by atoms with Gasteiger partial charge in [0.25, 0.3) is 5.91 Å². The summed E-state index contributed by atoms with van der Waals surface area (Å²) in [5.74, 6) is -0.817. The fourth-order valence-corrected chi connectivity index (χ4v) is 3.52. The third-order valence-electron chi connectivity index (χ3n) is 5.36. The Labute approximate surface area is 209 Å². The van der Waals surface area contributed by atoms with E-state index in [1.165, 1.54) is 11.0 Å². The maximum absolute atomic E-state index is 12.4. The predicted octanol–water partition coefficient (Wildman–Crippen LogP) is 3.21. The molecule has 3 rings (SSSR count). The van der Waals surface area contributed by atoms with Crippen LogP contribution >= 0.6 is 0 Å². The minimum absolute atomic E-state index is 0.0307. The second-order valence-electron chi connectivity index (χ2n) is 8.60. The standard InChI is InChI=1S/C27H30N2O7/c1-5-29(14-24(30)28-17(2)3)25(31)16-35-27(33)20-8-6-19(7-9-20)15-34-21-10-11-22-18(4)12-26(32)36-23(22)13-21/h6-13,17H,5,14-16H2,1-4H3,(H,28,30). The lowest BCUT2D eigenvalue weighted by atomic mass is 10.1. The average molecular weight is 495 g/mol. The maximum atomic E-state index is 12.4. The zero-order valence-electron chi connectivity index (χ0n) is 20.8. The summed E-state index contributed by atoms with van der Waals surface area (Å²) in [6, 6.07) is 13.3. The van der Waals surface area contributed by atoms with Crippen LogP contribution in [0, 0.1) is 6.92 Å². The molecule has 1 N–H and O–H groups in total. The highest BCUT2D eigenvalue weighted by Crippen LogP contribution is 2.23. The quantitative estimate of drug-likeness (QED) is 0.340. The van der Waals surface area contributed by atoms with Crippen LogP contribution in [-0.2, 0) is 20.9 Å². The molecular weight excluding hydrogens is 464 g/mol. The number of aryl methyl sites for hydroxylation is 1. The number of rotatable bonds is 10. The smallest absolute Gasteiger partial charge is 0.338 e. The first-order valence-electron chi connectivity index (χ1n) is 11.7. The van der Waals surface area contributed by atoms with Crippen LogP contribution in [0.1, 0.15) is 42.3 Å². The largest absolute Gasteiger partial charge is 0.489 e. The molecule has 0 aliphatic carbocycles. The van der Waals surface area contributed by atoms with Crippen molar-refractivity contribution < 1.29 is 28.3 Å². The number of ether oxygens (including phenoxy) is 2. The Kier molecular flexibility index (Phi) is 8.83. The van der Waals surface area contributed by atoms with E-state index in [0.717, 1.165) is 16.5 Å². The van der Waals surface area contributed by atoms with E-state index in [1.807, 2.05) is 26.8 Å². The Balaban J connectivity index is 1.52. The number of nitrogens with zero attached hydrogens (tertiary/aromatic N) is 1. The van der Waals surface area contributed by atoms with Crippen molar-refractivity contribution in [2.45, 2.75) is 40.3 Å². The van der Waals surface area contributed by atoms with Gasteiger partial charge in [-0.1, -0.05) is 12.1 Å². The van der Waals surface area contributed by atoms with Crippen molar-refractivity contribution in [2.24, 2.45) is 0 Å². The molecule has 9 nitrogen and oxygen atoms in total.